The largest absolute Gasteiger partial charge is 0.347 e. The molecule has 1 aliphatic carbocycles. The minimum Gasteiger partial charge on any atom is -0.347 e. The summed E-state index contributed by atoms with van der Waals surface area (Å²) in [5, 5.41) is 19.4. The minimum absolute atomic E-state index is 0.0747. The Morgan fingerprint density at radius 1 is 0.672 bits per heavy atom. The van der Waals surface area contributed by atoms with Crippen molar-refractivity contribution in [2.24, 2.45) is 5.92 Å². The summed E-state index contributed by atoms with van der Waals surface area (Å²) in [6, 6.07) is 13.9. The molecular formula is C51H64Cl2N4O. The zero-order valence-corrected chi connectivity index (χ0v) is 36.6. The molecule has 1 N–H and O–H groups in total. The summed E-state index contributed by atoms with van der Waals surface area (Å²) >= 11 is 13.1. The summed E-state index contributed by atoms with van der Waals surface area (Å²) < 4.78 is 0. The van der Waals surface area contributed by atoms with Crippen LogP contribution in [-0.2, 0) is 4.79 Å². The van der Waals surface area contributed by atoms with Gasteiger partial charge in [0.05, 0.1) is 17.3 Å². The third kappa shape index (κ3) is 12.5. The lowest BCUT2D eigenvalue weighted by atomic mass is 9.71. The Bertz CT molecular complexity index is 1960. The molecule has 7 heteroatoms. The van der Waals surface area contributed by atoms with E-state index >= 15 is 0 Å². The smallest absolute Gasteiger partial charge is 0.174 e. The molecule has 1 unspecified atom stereocenters. The third-order valence-corrected chi connectivity index (χ3v) is 12.3. The molecule has 2 aromatic rings. The van der Waals surface area contributed by atoms with Crippen LogP contribution in [0, 0.1) is 22.7 Å². The summed E-state index contributed by atoms with van der Waals surface area (Å²) in [5.41, 5.74) is 6.85. The zero-order valence-electron chi connectivity index (χ0n) is 35.1. The third-order valence-electron chi connectivity index (χ3n) is 11.8. The van der Waals surface area contributed by atoms with Gasteiger partial charge < -0.3 is 9.80 Å². The highest BCUT2D eigenvalue weighted by Crippen LogP contribution is 2.44. The average molecular weight is 820 g/mol. The van der Waals surface area contributed by atoms with Crippen molar-refractivity contribution >= 4 is 57.4 Å². The lowest BCUT2D eigenvalue weighted by molar-refractivity contribution is -0.118. The Kier molecular flexibility index (Phi) is 18.7. The van der Waals surface area contributed by atoms with E-state index in [0.29, 0.717) is 21.2 Å². The van der Waals surface area contributed by atoms with Gasteiger partial charge in [0.2, 0.25) is 0 Å². The zero-order chi connectivity index (χ0) is 41.1. The van der Waals surface area contributed by atoms with E-state index in [1.807, 2.05) is 54.6 Å². The number of benzene rings is 2. The number of ketones is 1. The van der Waals surface area contributed by atoms with Crippen LogP contribution < -0.4 is 9.80 Å². The fourth-order valence-electron chi connectivity index (χ4n) is 8.46. The van der Waals surface area contributed by atoms with E-state index in [0.717, 1.165) is 59.6 Å². The van der Waals surface area contributed by atoms with Crippen LogP contribution in [0.4, 0.5) is 11.4 Å². The second-order valence-electron chi connectivity index (χ2n) is 16.2. The second kappa shape index (κ2) is 24.1. The molecule has 5 rings (SSSR count). The van der Waals surface area contributed by atoms with Crippen LogP contribution in [0.25, 0.3) is 11.1 Å². The summed E-state index contributed by atoms with van der Waals surface area (Å²) in [4.78, 5) is 18.6. The Labute approximate surface area is 359 Å². The topological polar surface area (TPSA) is 71.2 Å². The molecule has 0 fully saturated rings. The van der Waals surface area contributed by atoms with E-state index in [4.69, 9.17) is 28.6 Å². The molecule has 0 bridgehead atoms. The van der Waals surface area contributed by atoms with Gasteiger partial charge >= 0.3 is 0 Å². The molecule has 308 valence electrons. The SMILES string of the molecule is CCCCCCCCCCCCN1C=C/C(=C\C2=C(C(=C=N)C#N)C(/C=C3\C=CN(CCCCCCCCCCCC)c4cc(Cl)ccc43)C2=O)c2ccc(Cl)cc21. The van der Waals surface area contributed by atoms with Crippen molar-refractivity contribution in [3.05, 3.63) is 111 Å². The number of carbonyl (C=O) groups is 1. The molecule has 58 heavy (non-hydrogen) atoms. The van der Waals surface area contributed by atoms with Gasteiger partial charge in [0.25, 0.3) is 0 Å². The molecule has 3 aliphatic rings. The van der Waals surface area contributed by atoms with Crippen LogP contribution in [0.3, 0.4) is 0 Å². The maximum absolute atomic E-state index is 14.1. The van der Waals surface area contributed by atoms with Gasteiger partial charge in [0.15, 0.2) is 5.78 Å². The van der Waals surface area contributed by atoms with Gasteiger partial charge in [-0.3, -0.25) is 10.2 Å². The van der Waals surface area contributed by atoms with E-state index in [9.17, 15) is 10.1 Å². The van der Waals surface area contributed by atoms with Crippen molar-refractivity contribution in [1.29, 1.82) is 10.7 Å². The molecule has 0 amide bonds. The van der Waals surface area contributed by atoms with Crippen molar-refractivity contribution in [3.8, 4) is 6.07 Å². The van der Waals surface area contributed by atoms with Crippen LogP contribution in [0.15, 0.2) is 89.8 Å². The first-order valence-corrected chi connectivity index (χ1v) is 23.1. The minimum atomic E-state index is -0.666. The highest BCUT2D eigenvalue weighted by Gasteiger charge is 2.40. The number of halogens is 2. The first kappa shape index (κ1) is 45.0. The number of allylic oxidation sites excluding steroid dienone is 9. The fraction of sp³-hybridized carbons (Fsp3) is 0.490. The Hall–Kier alpha value is -4.07. The van der Waals surface area contributed by atoms with E-state index in [-0.39, 0.29) is 11.4 Å². The van der Waals surface area contributed by atoms with Crippen LogP contribution >= 0.6 is 23.2 Å². The number of hydrogen-bond acceptors (Lipinski definition) is 5. The monoisotopic (exact) mass is 818 g/mol. The predicted octanol–water partition coefficient (Wildman–Crippen LogP) is 15.2. The Morgan fingerprint density at radius 2 is 1.10 bits per heavy atom. The molecule has 1 atom stereocenters. The Balaban J connectivity index is 1.28. The Morgan fingerprint density at radius 3 is 1.55 bits per heavy atom. The molecule has 2 aliphatic heterocycles. The highest BCUT2D eigenvalue weighted by atomic mass is 35.5. The van der Waals surface area contributed by atoms with E-state index in [1.165, 1.54) is 116 Å². The maximum atomic E-state index is 14.1. The van der Waals surface area contributed by atoms with E-state index in [2.05, 4.69) is 54.1 Å². The maximum Gasteiger partial charge on any atom is 0.174 e. The number of carbonyl (C=O) groups excluding carboxylic acids is 1. The number of hydrogen-bond donors (Lipinski definition) is 1. The van der Waals surface area contributed by atoms with Crippen molar-refractivity contribution in [1.82, 2.24) is 0 Å². The van der Waals surface area contributed by atoms with Gasteiger partial charge in [0.1, 0.15) is 11.6 Å². The van der Waals surface area contributed by atoms with Crippen molar-refractivity contribution in [2.75, 3.05) is 22.9 Å². The number of unbranched alkanes of at least 4 members (excludes halogenated alkanes) is 18. The van der Waals surface area contributed by atoms with Gasteiger partial charge in [-0.25, -0.2) is 0 Å². The summed E-state index contributed by atoms with van der Waals surface area (Å²) in [6.45, 7) is 6.31. The average Bonchev–Trinajstić information content (AvgIpc) is 3.23. The van der Waals surface area contributed by atoms with Crippen molar-refractivity contribution in [3.63, 3.8) is 0 Å². The molecule has 5 nitrogen and oxygen atoms in total. The molecule has 0 aromatic heterocycles. The quantitative estimate of drug-likeness (QED) is 0.0615. The molecular weight excluding hydrogens is 755 g/mol. The van der Waals surface area contributed by atoms with Gasteiger partial charge in [-0.05, 0) is 72.4 Å². The van der Waals surface area contributed by atoms with Crippen LogP contribution in [0.2, 0.25) is 10.0 Å². The number of nitrogens with zero attached hydrogens (tertiary/aromatic N) is 3. The van der Waals surface area contributed by atoms with Gasteiger partial charge in [-0.1, -0.05) is 171 Å². The predicted molar refractivity (Wildman–Crippen MR) is 248 cm³/mol. The number of fused-ring (bicyclic) bond motifs is 2. The van der Waals surface area contributed by atoms with Gasteiger partial charge in [-0.15, -0.1) is 0 Å². The van der Waals surface area contributed by atoms with Gasteiger partial charge in [-0.2, -0.15) is 5.26 Å². The summed E-state index contributed by atoms with van der Waals surface area (Å²) in [6.07, 6.45) is 37.8. The lowest BCUT2D eigenvalue weighted by Crippen LogP contribution is -2.31. The van der Waals surface area contributed by atoms with Gasteiger partial charge in [0, 0.05) is 57.8 Å². The normalized spacial score (nSPS) is 17.1. The highest BCUT2D eigenvalue weighted by molar-refractivity contribution is 6.31. The number of Topliss-reactive ketones (excluding diaryl/α,β-unsaturated/α-hetero) is 1. The molecule has 0 radical (unpaired) electrons. The van der Waals surface area contributed by atoms with E-state index in [1.54, 1.807) is 0 Å². The van der Waals surface area contributed by atoms with Crippen LogP contribution in [-0.4, -0.2) is 24.7 Å². The molecule has 0 spiro atoms. The van der Waals surface area contributed by atoms with Crippen molar-refractivity contribution < 1.29 is 4.79 Å². The first-order chi connectivity index (χ1) is 28.4. The van der Waals surface area contributed by atoms with Crippen LogP contribution in [0.5, 0.6) is 0 Å². The molecule has 2 heterocycles. The number of nitriles is 1. The standard InChI is InChI=1S/C51H64Cl2N4O/c1-3-5-7-9-11-13-15-17-19-21-29-56-31-27-39(44-25-23-42(52)35-48(44)56)33-46-50(41(37-54)38-55)47(51(46)58)34-40-28-32-57(49-36-43(53)24-26-45(40)49)30-22-20-18-16-14-12-10-8-6-4-2/h23-28,31-36,46,54H,3-22,29-30H2,1-2H3/b39-33+,40-34+. The molecule has 0 saturated heterocycles. The van der Waals surface area contributed by atoms with Crippen molar-refractivity contribution in [2.45, 2.75) is 142 Å². The second-order valence-corrected chi connectivity index (χ2v) is 17.1. The fourth-order valence-corrected chi connectivity index (χ4v) is 8.80. The lowest BCUT2D eigenvalue weighted by Gasteiger charge is -2.32. The molecule has 2 aromatic carbocycles. The van der Waals surface area contributed by atoms with E-state index < -0.39 is 5.92 Å². The number of nitrogens with one attached hydrogen (secondary N) is 1. The van der Waals surface area contributed by atoms with Crippen LogP contribution in [0.1, 0.15) is 153 Å². The number of anilines is 2. The summed E-state index contributed by atoms with van der Waals surface area (Å²) in [5.74, 6) is 1.59. The summed E-state index contributed by atoms with van der Waals surface area (Å²) in [7, 11) is 0. The molecule has 0 saturated carbocycles. The number of rotatable bonds is 25. The first-order valence-electron chi connectivity index (χ1n) is 22.3.